The molecule has 0 aromatic heterocycles. The van der Waals surface area contributed by atoms with Crippen molar-refractivity contribution in [1.29, 1.82) is 0 Å². The number of carbonyl (C=O) groups is 1. The van der Waals surface area contributed by atoms with E-state index in [1.54, 1.807) is 6.08 Å². The second kappa shape index (κ2) is 10.3. The van der Waals surface area contributed by atoms with Crippen molar-refractivity contribution in [3.8, 4) is 0 Å². The Labute approximate surface area is 175 Å². The molecule has 1 atom stereocenters. The molecule has 0 aliphatic heterocycles. The molecule has 2 aromatic carbocycles. The second-order valence-corrected chi connectivity index (χ2v) is 8.58. The first-order chi connectivity index (χ1) is 13.7. The summed E-state index contributed by atoms with van der Waals surface area (Å²) in [6.07, 6.45) is 1.68. The van der Waals surface area contributed by atoms with Crippen LogP contribution in [-0.2, 0) is 36.3 Å². The summed E-state index contributed by atoms with van der Waals surface area (Å²) in [5.74, 6) is 0. The number of urea groups is 1. The Hall–Kier alpha value is -2.48. The van der Waals surface area contributed by atoms with Crippen LogP contribution in [0, 0.1) is 0 Å². The van der Waals surface area contributed by atoms with Crippen molar-refractivity contribution in [2.24, 2.45) is 0 Å². The van der Waals surface area contributed by atoms with Gasteiger partial charge >= 0.3 is 6.03 Å². The SMILES string of the molecule is C=Cc1cc(CNC(=O)NCc2ccc(C(C)(C)C)cc2)ccc1CNS(=O)O. The van der Waals surface area contributed by atoms with Gasteiger partial charge in [0.1, 0.15) is 0 Å². The molecule has 0 bridgehead atoms. The molecule has 0 heterocycles. The zero-order valence-electron chi connectivity index (χ0n) is 17.1. The third-order valence-corrected chi connectivity index (χ3v) is 4.93. The molecular weight excluding hydrogens is 386 g/mol. The van der Waals surface area contributed by atoms with Gasteiger partial charge in [-0.2, -0.15) is 0 Å². The summed E-state index contributed by atoms with van der Waals surface area (Å²) in [6, 6.07) is 13.6. The minimum Gasteiger partial charge on any atom is -0.334 e. The number of rotatable bonds is 8. The average Bonchev–Trinajstić information content (AvgIpc) is 2.68. The first kappa shape index (κ1) is 22.8. The fraction of sp³-hybridized carbons (Fsp3) is 0.318. The molecule has 2 amide bonds. The molecule has 0 radical (unpaired) electrons. The first-order valence-electron chi connectivity index (χ1n) is 9.39. The summed E-state index contributed by atoms with van der Waals surface area (Å²) in [6.45, 7) is 11.4. The predicted molar refractivity (Wildman–Crippen MR) is 118 cm³/mol. The summed E-state index contributed by atoms with van der Waals surface area (Å²) in [4.78, 5) is 12.1. The maximum Gasteiger partial charge on any atom is 0.315 e. The third-order valence-electron chi connectivity index (χ3n) is 4.54. The summed E-state index contributed by atoms with van der Waals surface area (Å²) in [5, 5.41) is 5.70. The molecule has 4 N–H and O–H groups in total. The lowest BCUT2D eigenvalue weighted by atomic mass is 9.87. The number of amides is 2. The van der Waals surface area contributed by atoms with E-state index in [0.29, 0.717) is 13.1 Å². The molecule has 1 unspecified atom stereocenters. The van der Waals surface area contributed by atoms with Crippen LogP contribution in [0.3, 0.4) is 0 Å². The van der Waals surface area contributed by atoms with Gasteiger partial charge in [0.05, 0.1) is 0 Å². The number of carbonyl (C=O) groups excluding carboxylic acids is 1. The van der Waals surface area contributed by atoms with Crippen LogP contribution < -0.4 is 15.4 Å². The molecule has 0 spiro atoms. The lowest BCUT2D eigenvalue weighted by molar-refractivity contribution is 0.240. The van der Waals surface area contributed by atoms with Crippen LogP contribution in [0.5, 0.6) is 0 Å². The number of hydrogen-bond donors (Lipinski definition) is 4. The van der Waals surface area contributed by atoms with E-state index in [4.69, 9.17) is 4.55 Å². The lowest BCUT2D eigenvalue weighted by Crippen LogP contribution is -2.34. The largest absolute Gasteiger partial charge is 0.334 e. The van der Waals surface area contributed by atoms with Crippen molar-refractivity contribution < 1.29 is 13.6 Å². The van der Waals surface area contributed by atoms with Crippen LogP contribution in [0.1, 0.15) is 48.6 Å². The average molecular weight is 416 g/mol. The number of nitrogens with one attached hydrogen (secondary N) is 3. The van der Waals surface area contributed by atoms with Crippen LogP contribution >= 0.6 is 0 Å². The molecule has 2 rings (SSSR count). The summed E-state index contributed by atoms with van der Waals surface area (Å²) in [7, 11) is 0. The lowest BCUT2D eigenvalue weighted by Gasteiger charge is -2.19. The highest BCUT2D eigenvalue weighted by Crippen LogP contribution is 2.22. The van der Waals surface area contributed by atoms with Crippen molar-refractivity contribution in [3.63, 3.8) is 0 Å². The second-order valence-electron chi connectivity index (χ2n) is 7.79. The van der Waals surface area contributed by atoms with Gasteiger partial charge < -0.3 is 10.6 Å². The first-order valence-corrected chi connectivity index (χ1v) is 10.5. The van der Waals surface area contributed by atoms with Gasteiger partial charge in [0, 0.05) is 19.6 Å². The van der Waals surface area contributed by atoms with E-state index in [0.717, 1.165) is 22.3 Å². The molecule has 0 fully saturated rings. The van der Waals surface area contributed by atoms with Crippen molar-refractivity contribution in [2.45, 2.75) is 45.8 Å². The highest BCUT2D eigenvalue weighted by Gasteiger charge is 2.13. The van der Waals surface area contributed by atoms with E-state index < -0.39 is 11.3 Å². The van der Waals surface area contributed by atoms with E-state index in [-0.39, 0.29) is 18.0 Å². The van der Waals surface area contributed by atoms with Crippen molar-refractivity contribution in [3.05, 3.63) is 76.9 Å². The van der Waals surface area contributed by atoms with E-state index in [1.165, 1.54) is 5.56 Å². The van der Waals surface area contributed by atoms with E-state index >= 15 is 0 Å². The Morgan fingerprint density at radius 3 is 2.17 bits per heavy atom. The van der Waals surface area contributed by atoms with Gasteiger partial charge in [-0.05, 0) is 39.3 Å². The van der Waals surface area contributed by atoms with Gasteiger partial charge in [0.15, 0.2) is 0 Å². The molecule has 7 heteroatoms. The minimum absolute atomic E-state index is 0.106. The van der Waals surface area contributed by atoms with Crippen LogP contribution in [0.15, 0.2) is 49.0 Å². The molecule has 2 aromatic rings. The van der Waals surface area contributed by atoms with Gasteiger partial charge in [-0.3, -0.25) is 4.55 Å². The Kier molecular flexibility index (Phi) is 8.13. The fourth-order valence-corrected chi connectivity index (χ4v) is 3.07. The summed E-state index contributed by atoms with van der Waals surface area (Å²) >= 11 is -2.07. The number of benzene rings is 2. The maximum atomic E-state index is 12.1. The molecule has 0 aliphatic carbocycles. The van der Waals surface area contributed by atoms with Crippen molar-refractivity contribution in [2.75, 3.05) is 0 Å². The zero-order valence-corrected chi connectivity index (χ0v) is 17.9. The minimum atomic E-state index is -2.07. The topological polar surface area (TPSA) is 90.5 Å². The predicted octanol–water partition coefficient (Wildman–Crippen LogP) is 3.85. The summed E-state index contributed by atoms with van der Waals surface area (Å²) < 4.78 is 22.1. The van der Waals surface area contributed by atoms with Crippen LogP contribution in [0.4, 0.5) is 4.79 Å². The van der Waals surface area contributed by atoms with E-state index in [9.17, 15) is 9.00 Å². The Morgan fingerprint density at radius 2 is 1.62 bits per heavy atom. The Morgan fingerprint density at radius 1 is 1.03 bits per heavy atom. The van der Waals surface area contributed by atoms with Crippen molar-refractivity contribution >= 4 is 23.4 Å². The van der Waals surface area contributed by atoms with Gasteiger partial charge in [-0.25, -0.2) is 13.7 Å². The van der Waals surface area contributed by atoms with Gasteiger partial charge in [0.25, 0.3) is 0 Å². The van der Waals surface area contributed by atoms with Crippen LogP contribution in [-0.4, -0.2) is 14.8 Å². The monoisotopic (exact) mass is 415 g/mol. The van der Waals surface area contributed by atoms with Crippen LogP contribution in [0.25, 0.3) is 6.08 Å². The Balaban J connectivity index is 1.85. The van der Waals surface area contributed by atoms with Gasteiger partial charge in [-0.15, -0.1) is 0 Å². The normalized spacial score (nSPS) is 12.3. The highest BCUT2D eigenvalue weighted by atomic mass is 32.2. The van der Waals surface area contributed by atoms with E-state index in [2.05, 4.69) is 54.8 Å². The molecule has 0 saturated heterocycles. The van der Waals surface area contributed by atoms with Crippen molar-refractivity contribution in [1.82, 2.24) is 15.4 Å². The van der Waals surface area contributed by atoms with Crippen LogP contribution in [0.2, 0.25) is 0 Å². The van der Waals surface area contributed by atoms with Gasteiger partial charge in [-0.1, -0.05) is 69.8 Å². The maximum absolute atomic E-state index is 12.1. The Bertz CT molecular complexity index is 874. The summed E-state index contributed by atoms with van der Waals surface area (Å²) in [5.41, 5.74) is 5.02. The third kappa shape index (κ3) is 7.45. The fourth-order valence-electron chi connectivity index (χ4n) is 2.79. The zero-order chi connectivity index (χ0) is 21.4. The number of hydrogen-bond acceptors (Lipinski definition) is 2. The molecule has 156 valence electrons. The molecule has 6 nitrogen and oxygen atoms in total. The molecule has 29 heavy (non-hydrogen) atoms. The smallest absolute Gasteiger partial charge is 0.315 e. The van der Waals surface area contributed by atoms with E-state index in [1.807, 2.05) is 30.3 Å². The highest BCUT2D eigenvalue weighted by molar-refractivity contribution is 7.77. The molecule has 0 aliphatic rings. The molecular formula is C22H29N3O3S. The standard InChI is InChI=1S/C22H29N3O3S/c1-5-18-12-17(6-9-19(18)15-25-29(27)28)14-24-21(26)23-13-16-7-10-20(11-8-16)22(2,3)4/h5-12,25H,1,13-15H2,2-4H3,(H,27,28)(H2,23,24,26). The molecule has 0 saturated carbocycles. The quantitative estimate of drug-likeness (QED) is 0.494. The van der Waals surface area contributed by atoms with Gasteiger partial charge in [0.2, 0.25) is 11.3 Å².